The molecule has 2 amide bonds. The molecule has 110 valence electrons. The van der Waals surface area contributed by atoms with Gasteiger partial charge in [0.2, 0.25) is 0 Å². The molecule has 0 saturated heterocycles. The fraction of sp³-hybridized carbons (Fsp3) is 0.235. The summed E-state index contributed by atoms with van der Waals surface area (Å²) in [4.78, 5) is 11.7. The van der Waals surface area contributed by atoms with Crippen LogP contribution in [0.1, 0.15) is 18.4 Å². The third-order valence-electron chi connectivity index (χ3n) is 3.12. The van der Waals surface area contributed by atoms with Crippen LogP contribution in [0, 0.1) is 0 Å². The summed E-state index contributed by atoms with van der Waals surface area (Å²) in [5.74, 6) is 0. The number of hydrogen-bond acceptors (Lipinski definition) is 1. The van der Waals surface area contributed by atoms with Gasteiger partial charge in [-0.05, 0) is 49.1 Å². The Morgan fingerprint density at radius 1 is 0.952 bits per heavy atom. The van der Waals surface area contributed by atoms with Gasteiger partial charge in [-0.25, -0.2) is 4.79 Å². The van der Waals surface area contributed by atoms with Gasteiger partial charge in [-0.1, -0.05) is 46.3 Å². The fourth-order valence-electron chi connectivity index (χ4n) is 2.01. The van der Waals surface area contributed by atoms with Gasteiger partial charge in [0.1, 0.15) is 0 Å². The average molecular weight is 347 g/mol. The minimum Gasteiger partial charge on any atom is -0.338 e. The standard InChI is InChI=1S/C17H19BrN2O/c18-15-9-11-16(12-10-15)20-17(21)19-13-5-4-8-14-6-2-1-3-7-14/h1-3,6-7,9-12H,4-5,8,13H2,(H2,19,20,21). The van der Waals surface area contributed by atoms with Crippen LogP contribution in [0.2, 0.25) is 0 Å². The first-order valence-electron chi connectivity index (χ1n) is 7.08. The van der Waals surface area contributed by atoms with Gasteiger partial charge in [0.05, 0.1) is 0 Å². The molecule has 2 aromatic carbocycles. The molecule has 0 aliphatic rings. The smallest absolute Gasteiger partial charge is 0.319 e. The largest absolute Gasteiger partial charge is 0.338 e. The summed E-state index contributed by atoms with van der Waals surface area (Å²) < 4.78 is 0.995. The molecule has 0 heterocycles. The summed E-state index contributed by atoms with van der Waals surface area (Å²) >= 11 is 3.36. The minimum atomic E-state index is -0.156. The van der Waals surface area contributed by atoms with Crippen molar-refractivity contribution in [3.63, 3.8) is 0 Å². The molecule has 0 radical (unpaired) electrons. The molecule has 0 spiro atoms. The van der Waals surface area contributed by atoms with Crippen LogP contribution in [0.4, 0.5) is 10.5 Å². The number of carbonyl (C=O) groups excluding carboxylic acids is 1. The quantitative estimate of drug-likeness (QED) is 0.737. The van der Waals surface area contributed by atoms with Gasteiger partial charge in [-0.2, -0.15) is 0 Å². The van der Waals surface area contributed by atoms with E-state index in [1.165, 1.54) is 5.56 Å². The van der Waals surface area contributed by atoms with E-state index in [1.807, 2.05) is 30.3 Å². The molecule has 21 heavy (non-hydrogen) atoms. The van der Waals surface area contributed by atoms with Crippen LogP contribution >= 0.6 is 15.9 Å². The number of anilines is 1. The van der Waals surface area contributed by atoms with Crippen LogP contribution in [-0.4, -0.2) is 12.6 Å². The summed E-state index contributed by atoms with van der Waals surface area (Å²) in [7, 11) is 0. The number of hydrogen-bond donors (Lipinski definition) is 2. The second kappa shape index (κ2) is 8.47. The first kappa shape index (κ1) is 15.6. The van der Waals surface area contributed by atoms with E-state index in [2.05, 4.69) is 50.8 Å². The highest BCUT2D eigenvalue weighted by Gasteiger charge is 2.00. The Kier molecular flexibility index (Phi) is 6.28. The van der Waals surface area contributed by atoms with E-state index >= 15 is 0 Å². The zero-order valence-corrected chi connectivity index (χ0v) is 13.4. The number of halogens is 1. The molecule has 0 aromatic heterocycles. The zero-order chi connectivity index (χ0) is 14.9. The first-order chi connectivity index (χ1) is 10.2. The van der Waals surface area contributed by atoms with Crippen molar-refractivity contribution >= 4 is 27.6 Å². The molecule has 4 heteroatoms. The van der Waals surface area contributed by atoms with E-state index in [9.17, 15) is 4.79 Å². The Balaban J connectivity index is 1.60. The van der Waals surface area contributed by atoms with Gasteiger partial charge < -0.3 is 10.6 Å². The van der Waals surface area contributed by atoms with Crippen LogP contribution in [-0.2, 0) is 6.42 Å². The monoisotopic (exact) mass is 346 g/mol. The van der Waals surface area contributed by atoms with Crippen molar-refractivity contribution in [2.24, 2.45) is 0 Å². The van der Waals surface area contributed by atoms with Crippen LogP contribution in [0.15, 0.2) is 59.1 Å². The lowest BCUT2D eigenvalue weighted by Gasteiger charge is -2.07. The van der Waals surface area contributed by atoms with E-state index < -0.39 is 0 Å². The van der Waals surface area contributed by atoms with E-state index in [1.54, 1.807) is 0 Å². The van der Waals surface area contributed by atoms with E-state index in [-0.39, 0.29) is 6.03 Å². The second-order valence-electron chi connectivity index (χ2n) is 4.83. The molecule has 0 aliphatic carbocycles. The predicted molar refractivity (Wildman–Crippen MR) is 90.5 cm³/mol. The molecule has 3 nitrogen and oxygen atoms in total. The summed E-state index contributed by atoms with van der Waals surface area (Å²) in [6.45, 7) is 0.690. The molecule has 0 bridgehead atoms. The van der Waals surface area contributed by atoms with Gasteiger partial charge in [0.25, 0.3) is 0 Å². The van der Waals surface area contributed by atoms with Crippen molar-refractivity contribution in [1.29, 1.82) is 0 Å². The van der Waals surface area contributed by atoms with Gasteiger partial charge in [0, 0.05) is 16.7 Å². The van der Waals surface area contributed by atoms with Gasteiger partial charge >= 0.3 is 6.03 Å². The molecule has 2 rings (SSSR count). The summed E-state index contributed by atoms with van der Waals surface area (Å²) in [6, 6.07) is 17.8. The number of carbonyl (C=O) groups is 1. The van der Waals surface area contributed by atoms with Crippen LogP contribution in [0.3, 0.4) is 0 Å². The van der Waals surface area contributed by atoms with Crippen LogP contribution < -0.4 is 10.6 Å². The van der Waals surface area contributed by atoms with Crippen molar-refractivity contribution in [1.82, 2.24) is 5.32 Å². The number of rotatable bonds is 6. The lowest BCUT2D eigenvalue weighted by Crippen LogP contribution is -2.29. The number of unbranched alkanes of at least 4 members (excludes halogenated alkanes) is 1. The summed E-state index contributed by atoms with van der Waals surface area (Å²) in [5, 5.41) is 5.68. The first-order valence-corrected chi connectivity index (χ1v) is 7.88. The van der Waals surface area contributed by atoms with Crippen molar-refractivity contribution in [2.45, 2.75) is 19.3 Å². The van der Waals surface area contributed by atoms with Crippen molar-refractivity contribution in [3.05, 3.63) is 64.6 Å². The van der Waals surface area contributed by atoms with E-state index in [0.717, 1.165) is 29.4 Å². The SMILES string of the molecule is O=C(NCCCCc1ccccc1)Nc1ccc(Br)cc1. The highest BCUT2D eigenvalue weighted by Crippen LogP contribution is 2.13. The summed E-state index contributed by atoms with van der Waals surface area (Å²) in [6.07, 6.45) is 3.10. The number of aryl methyl sites for hydroxylation is 1. The fourth-order valence-corrected chi connectivity index (χ4v) is 2.27. The molecule has 2 N–H and O–H groups in total. The highest BCUT2D eigenvalue weighted by atomic mass is 79.9. The second-order valence-corrected chi connectivity index (χ2v) is 5.75. The molecule has 0 unspecified atom stereocenters. The topological polar surface area (TPSA) is 41.1 Å². The molecule has 0 aliphatic heterocycles. The van der Waals surface area contributed by atoms with Crippen molar-refractivity contribution in [2.75, 3.05) is 11.9 Å². The van der Waals surface area contributed by atoms with E-state index in [0.29, 0.717) is 6.54 Å². The summed E-state index contributed by atoms with van der Waals surface area (Å²) in [5.41, 5.74) is 2.14. The maximum atomic E-state index is 11.7. The number of benzene rings is 2. The molecular formula is C17H19BrN2O. The van der Waals surface area contributed by atoms with Crippen molar-refractivity contribution in [3.8, 4) is 0 Å². The van der Waals surface area contributed by atoms with E-state index in [4.69, 9.17) is 0 Å². The Morgan fingerprint density at radius 2 is 1.67 bits per heavy atom. The van der Waals surface area contributed by atoms with Crippen LogP contribution in [0.25, 0.3) is 0 Å². The predicted octanol–water partition coefficient (Wildman–Crippen LogP) is 4.59. The Bertz CT molecular complexity index is 555. The van der Waals surface area contributed by atoms with Gasteiger partial charge in [0.15, 0.2) is 0 Å². The number of nitrogens with one attached hydrogen (secondary N) is 2. The number of amides is 2. The molecule has 0 fully saturated rings. The molecule has 0 saturated carbocycles. The molecular weight excluding hydrogens is 328 g/mol. The lowest BCUT2D eigenvalue weighted by atomic mass is 10.1. The van der Waals surface area contributed by atoms with Crippen LogP contribution in [0.5, 0.6) is 0 Å². The maximum Gasteiger partial charge on any atom is 0.319 e. The third-order valence-corrected chi connectivity index (χ3v) is 3.65. The Morgan fingerprint density at radius 3 is 2.38 bits per heavy atom. The Hall–Kier alpha value is -1.81. The zero-order valence-electron chi connectivity index (χ0n) is 11.8. The van der Waals surface area contributed by atoms with Gasteiger partial charge in [-0.3, -0.25) is 0 Å². The lowest BCUT2D eigenvalue weighted by molar-refractivity contribution is 0.252. The normalized spacial score (nSPS) is 10.1. The Labute approximate surface area is 133 Å². The molecule has 2 aromatic rings. The average Bonchev–Trinajstić information content (AvgIpc) is 2.50. The highest BCUT2D eigenvalue weighted by molar-refractivity contribution is 9.10. The maximum absolute atomic E-state index is 11.7. The third kappa shape index (κ3) is 6.00. The van der Waals surface area contributed by atoms with Crippen molar-refractivity contribution < 1.29 is 4.79 Å². The minimum absolute atomic E-state index is 0.156. The molecule has 0 atom stereocenters. The number of urea groups is 1. The van der Waals surface area contributed by atoms with Gasteiger partial charge in [-0.15, -0.1) is 0 Å².